The van der Waals surface area contributed by atoms with Gasteiger partial charge < -0.3 is 4.74 Å². The van der Waals surface area contributed by atoms with Crippen molar-refractivity contribution >= 4 is 56.6 Å². The van der Waals surface area contributed by atoms with E-state index in [1.165, 1.54) is 24.1 Å². The average molecular weight is 571 g/mol. The van der Waals surface area contributed by atoms with Gasteiger partial charge in [0, 0.05) is 26.8 Å². The van der Waals surface area contributed by atoms with E-state index in [9.17, 15) is 24.5 Å². The molecule has 3 amide bonds. The molecule has 5 rings (SSSR count). The number of hydrogen-bond donors (Lipinski definition) is 0. The summed E-state index contributed by atoms with van der Waals surface area (Å²) in [5.41, 5.74) is 0.907. The number of fused-ring (bicyclic) bond motifs is 1. The Balaban J connectivity index is 1.67. The molecule has 11 heteroatoms. The van der Waals surface area contributed by atoms with Gasteiger partial charge in [0.05, 0.1) is 23.6 Å². The zero-order valence-corrected chi connectivity index (χ0v) is 21.2. The Morgan fingerprint density at radius 1 is 1.00 bits per heavy atom. The molecule has 0 unspecified atom stereocenters. The van der Waals surface area contributed by atoms with E-state index in [1.807, 2.05) is 0 Å². The second-order valence-electron chi connectivity index (χ2n) is 8.35. The van der Waals surface area contributed by atoms with Crippen molar-refractivity contribution in [2.45, 2.75) is 19.0 Å². The van der Waals surface area contributed by atoms with Crippen LogP contribution in [0.4, 0.5) is 11.4 Å². The number of aryl methyl sites for hydroxylation is 1. The molecule has 9 nitrogen and oxygen atoms in total. The number of imide groups is 1. The number of anilines is 1. The number of benzene rings is 3. The summed E-state index contributed by atoms with van der Waals surface area (Å²) in [4.78, 5) is 53.6. The highest BCUT2D eigenvalue weighted by molar-refractivity contribution is 9.10. The van der Waals surface area contributed by atoms with Crippen molar-refractivity contribution in [3.8, 4) is 5.75 Å². The first kappa shape index (κ1) is 24.0. The molecule has 36 heavy (non-hydrogen) atoms. The Morgan fingerprint density at radius 3 is 2.42 bits per heavy atom. The predicted molar refractivity (Wildman–Crippen MR) is 134 cm³/mol. The molecule has 2 aliphatic rings. The Morgan fingerprint density at radius 2 is 1.75 bits per heavy atom. The summed E-state index contributed by atoms with van der Waals surface area (Å²) in [6.45, 7) is 1.79. The van der Waals surface area contributed by atoms with Crippen LogP contribution in [0.1, 0.15) is 37.9 Å². The van der Waals surface area contributed by atoms with E-state index < -0.39 is 40.4 Å². The lowest BCUT2D eigenvalue weighted by atomic mass is 9.85. The molecule has 0 spiro atoms. The van der Waals surface area contributed by atoms with Crippen LogP contribution in [0.2, 0.25) is 5.02 Å². The van der Waals surface area contributed by atoms with Crippen LogP contribution in [0.5, 0.6) is 5.75 Å². The number of carbonyl (C=O) groups excluding carboxylic acids is 3. The summed E-state index contributed by atoms with van der Waals surface area (Å²) >= 11 is 9.56. The minimum absolute atomic E-state index is 0.108. The topological polar surface area (TPSA) is 110 Å². The molecule has 1 saturated heterocycles. The zero-order chi connectivity index (χ0) is 25.9. The molecule has 182 valence electrons. The Bertz CT molecular complexity index is 1490. The van der Waals surface area contributed by atoms with Crippen LogP contribution in [0, 0.1) is 17.0 Å². The molecule has 1 fully saturated rings. The molecule has 2 heterocycles. The van der Waals surface area contributed by atoms with Crippen LogP contribution in [0.25, 0.3) is 0 Å². The summed E-state index contributed by atoms with van der Waals surface area (Å²) < 4.78 is 6.24. The fraction of sp³-hybridized carbons (Fsp3) is 0.160. The lowest BCUT2D eigenvalue weighted by Gasteiger charge is -2.50. The number of carbonyl (C=O) groups is 3. The molecule has 2 atom stereocenters. The number of hydrogen-bond acceptors (Lipinski definition) is 6. The standard InChI is InChI=1S/C25H17BrClN3O6/c1-12-10-14(27)7-8-17(12)28-21(16-11-13(26)6-9-19(16)36-2)22(25(28)33)29-23(31)15-4-3-5-18(30(34)35)20(15)24(29)32/h3-11,21-22H,1-2H3/t21-,22+/m0/s1. The molecular formula is C25H17BrClN3O6. The van der Waals surface area contributed by atoms with E-state index in [-0.39, 0.29) is 11.1 Å². The van der Waals surface area contributed by atoms with Crippen LogP contribution >= 0.6 is 27.5 Å². The smallest absolute Gasteiger partial charge is 0.282 e. The van der Waals surface area contributed by atoms with Crippen LogP contribution in [-0.4, -0.2) is 40.7 Å². The first-order chi connectivity index (χ1) is 17.1. The Labute approximate surface area is 218 Å². The van der Waals surface area contributed by atoms with Gasteiger partial charge in [0.15, 0.2) is 0 Å². The van der Waals surface area contributed by atoms with E-state index in [1.54, 1.807) is 43.3 Å². The largest absolute Gasteiger partial charge is 0.496 e. The lowest BCUT2D eigenvalue weighted by molar-refractivity contribution is -0.385. The fourth-order valence-corrected chi connectivity index (χ4v) is 5.42. The second kappa shape index (κ2) is 8.72. The maximum Gasteiger partial charge on any atom is 0.282 e. The first-order valence-corrected chi connectivity index (χ1v) is 11.9. The number of rotatable bonds is 5. The van der Waals surface area contributed by atoms with E-state index >= 15 is 0 Å². The molecule has 0 aliphatic carbocycles. The number of nitro benzene ring substituents is 1. The zero-order valence-electron chi connectivity index (χ0n) is 18.9. The van der Waals surface area contributed by atoms with Gasteiger partial charge in [-0.25, -0.2) is 0 Å². The number of ether oxygens (including phenoxy) is 1. The highest BCUT2D eigenvalue weighted by Gasteiger charge is 2.59. The molecule has 0 radical (unpaired) electrons. The number of amides is 3. The van der Waals surface area contributed by atoms with Crippen LogP contribution < -0.4 is 9.64 Å². The fourth-order valence-electron chi connectivity index (χ4n) is 4.82. The van der Waals surface area contributed by atoms with Gasteiger partial charge in [-0.1, -0.05) is 33.6 Å². The van der Waals surface area contributed by atoms with Gasteiger partial charge in [-0.15, -0.1) is 0 Å². The lowest BCUT2D eigenvalue weighted by Crippen LogP contribution is -2.67. The average Bonchev–Trinajstić information content (AvgIpc) is 3.09. The van der Waals surface area contributed by atoms with Crippen molar-refractivity contribution in [1.82, 2.24) is 4.90 Å². The normalized spacial score (nSPS) is 18.8. The molecule has 3 aromatic carbocycles. The van der Waals surface area contributed by atoms with Crippen molar-refractivity contribution in [1.29, 1.82) is 0 Å². The minimum atomic E-state index is -1.24. The van der Waals surface area contributed by atoms with Gasteiger partial charge in [0.1, 0.15) is 17.4 Å². The van der Waals surface area contributed by atoms with E-state index in [0.717, 1.165) is 11.0 Å². The van der Waals surface area contributed by atoms with Crippen molar-refractivity contribution in [2.75, 3.05) is 12.0 Å². The van der Waals surface area contributed by atoms with Crippen LogP contribution in [0.15, 0.2) is 59.1 Å². The summed E-state index contributed by atoms with van der Waals surface area (Å²) in [5.74, 6) is -1.71. The van der Waals surface area contributed by atoms with E-state index in [4.69, 9.17) is 16.3 Å². The third-order valence-corrected chi connectivity index (χ3v) is 7.12. The highest BCUT2D eigenvalue weighted by atomic mass is 79.9. The van der Waals surface area contributed by atoms with Crippen LogP contribution in [0.3, 0.4) is 0 Å². The monoisotopic (exact) mass is 569 g/mol. The third-order valence-electron chi connectivity index (χ3n) is 6.40. The van der Waals surface area contributed by atoms with Gasteiger partial charge in [-0.05, 0) is 55.0 Å². The molecule has 2 aliphatic heterocycles. The number of methoxy groups -OCH3 is 1. The molecule has 3 aromatic rings. The molecule has 0 saturated carbocycles. The summed E-state index contributed by atoms with van der Waals surface area (Å²) in [5, 5.41) is 12.1. The van der Waals surface area contributed by atoms with Gasteiger partial charge >= 0.3 is 0 Å². The van der Waals surface area contributed by atoms with Gasteiger partial charge in [0.25, 0.3) is 23.4 Å². The van der Waals surface area contributed by atoms with Crippen molar-refractivity contribution in [2.24, 2.45) is 0 Å². The number of β-lactam (4-membered cyclic amide) rings is 1. The van der Waals surface area contributed by atoms with E-state index in [0.29, 0.717) is 32.1 Å². The quantitative estimate of drug-likeness (QED) is 0.183. The van der Waals surface area contributed by atoms with Crippen molar-refractivity contribution in [3.05, 3.63) is 96.5 Å². The van der Waals surface area contributed by atoms with Crippen LogP contribution in [-0.2, 0) is 4.79 Å². The summed E-state index contributed by atoms with van der Waals surface area (Å²) in [7, 11) is 1.48. The summed E-state index contributed by atoms with van der Waals surface area (Å²) in [6, 6.07) is 12.1. The van der Waals surface area contributed by atoms with Gasteiger partial charge in [0.2, 0.25) is 0 Å². The molecule has 0 aromatic heterocycles. The second-order valence-corrected chi connectivity index (χ2v) is 9.70. The minimum Gasteiger partial charge on any atom is -0.496 e. The van der Waals surface area contributed by atoms with Gasteiger partial charge in [-0.3, -0.25) is 34.3 Å². The maximum absolute atomic E-state index is 13.7. The third kappa shape index (κ3) is 3.48. The Kier molecular flexibility index (Phi) is 5.80. The molecule has 0 bridgehead atoms. The molecular weight excluding hydrogens is 554 g/mol. The predicted octanol–water partition coefficient (Wildman–Crippen LogP) is 5.08. The number of halogens is 2. The first-order valence-electron chi connectivity index (χ1n) is 10.7. The number of nitro groups is 1. The molecule has 0 N–H and O–H groups in total. The SMILES string of the molecule is COc1ccc(Br)cc1[C@H]1[C@@H](N2C(=O)c3cccc([N+](=O)[O-])c3C2=O)C(=O)N1c1ccc(Cl)cc1C. The van der Waals surface area contributed by atoms with E-state index in [2.05, 4.69) is 15.9 Å². The van der Waals surface area contributed by atoms with Crippen molar-refractivity contribution in [3.63, 3.8) is 0 Å². The number of nitrogens with zero attached hydrogens (tertiary/aromatic N) is 3. The van der Waals surface area contributed by atoms with Crippen molar-refractivity contribution < 1.29 is 24.0 Å². The summed E-state index contributed by atoms with van der Waals surface area (Å²) in [6.07, 6.45) is 0. The van der Waals surface area contributed by atoms with Gasteiger partial charge in [-0.2, -0.15) is 0 Å². The Hall–Kier alpha value is -3.76. The maximum atomic E-state index is 13.7. The highest BCUT2D eigenvalue weighted by Crippen LogP contribution is 2.48.